The number of carbonyl (C=O) groups is 1. The van der Waals surface area contributed by atoms with Gasteiger partial charge in [0, 0.05) is 19.1 Å². The average molecular weight is 292 g/mol. The number of hydrogen-bond donors (Lipinski definition) is 2. The van der Waals surface area contributed by atoms with Gasteiger partial charge in [0.25, 0.3) is 0 Å². The number of aromatic hydroxyl groups is 1. The van der Waals surface area contributed by atoms with E-state index in [9.17, 15) is 9.90 Å². The number of hydrogen-bond acceptors (Lipinski definition) is 4. The summed E-state index contributed by atoms with van der Waals surface area (Å²) in [4.78, 5) is 13.8. The van der Waals surface area contributed by atoms with Crippen LogP contribution in [0.5, 0.6) is 5.75 Å². The molecule has 0 bridgehead atoms. The van der Waals surface area contributed by atoms with E-state index >= 15 is 0 Å². The number of nitrogens with one attached hydrogen (secondary N) is 1. The average Bonchev–Trinajstić information content (AvgIpc) is 2.53. The Hall–Kier alpha value is -1.59. The second kappa shape index (κ2) is 8.00. The van der Waals surface area contributed by atoms with E-state index in [0.717, 1.165) is 12.8 Å². The first-order chi connectivity index (χ1) is 10.1. The Morgan fingerprint density at radius 3 is 2.67 bits per heavy atom. The van der Waals surface area contributed by atoms with Gasteiger partial charge in [-0.1, -0.05) is 12.1 Å². The molecule has 1 aromatic rings. The number of phenols is 1. The minimum atomic E-state index is 0.148. The zero-order valence-corrected chi connectivity index (χ0v) is 12.5. The van der Waals surface area contributed by atoms with Crippen LogP contribution in [0.25, 0.3) is 0 Å². The van der Waals surface area contributed by atoms with Gasteiger partial charge < -0.3 is 20.1 Å². The maximum atomic E-state index is 12.0. The van der Waals surface area contributed by atoms with Crippen LogP contribution in [-0.2, 0) is 16.0 Å². The summed E-state index contributed by atoms with van der Waals surface area (Å²) in [5, 5.41) is 12.5. The van der Waals surface area contributed by atoms with Gasteiger partial charge in [-0.25, -0.2) is 0 Å². The lowest BCUT2D eigenvalue weighted by Crippen LogP contribution is -2.46. The first-order valence-corrected chi connectivity index (χ1v) is 7.52. The summed E-state index contributed by atoms with van der Waals surface area (Å²) >= 11 is 0. The highest BCUT2D eigenvalue weighted by atomic mass is 16.5. The topological polar surface area (TPSA) is 61.8 Å². The van der Waals surface area contributed by atoms with Gasteiger partial charge in [0.2, 0.25) is 5.91 Å². The molecule has 1 atom stereocenters. The Morgan fingerprint density at radius 1 is 1.33 bits per heavy atom. The number of nitrogens with zero attached hydrogens (tertiary/aromatic N) is 1. The Labute approximate surface area is 125 Å². The fourth-order valence-electron chi connectivity index (χ4n) is 2.33. The number of morpholine rings is 1. The van der Waals surface area contributed by atoms with Crippen molar-refractivity contribution in [3.63, 3.8) is 0 Å². The highest BCUT2D eigenvalue weighted by molar-refractivity contribution is 5.78. The molecule has 1 fully saturated rings. The van der Waals surface area contributed by atoms with Crippen LogP contribution in [-0.4, -0.2) is 54.8 Å². The molecule has 0 spiro atoms. The molecule has 1 aliphatic heterocycles. The van der Waals surface area contributed by atoms with E-state index in [-0.39, 0.29) is 11.9 Å². The lowest BCUT2D eigenvalue weighted by molar-refractivity contribution is -0.134. The Bertz CT molecular complexity index is 441. The molecule has 21 heavy (non-hydrogen) atoms. The van der Waals surface area contributed by atoms with Crippen molar-refractivity contribution in [2.24, 2.45) is 0 Å². The van der Waals surface area contributed by atoms with Crippen molar-refractivity contribution in [2.45, 2.75) is 25.8 Å². The predicted octanol–water partition coefficient (Wildman–Crippen LogP) is 1.16. The highest BCUT2D eigenvalue weighted by Gasteiger charge is 2.16. The molecule has 0 saturated carbocycles. The van der Waals surface area contributed by atoms with E-state index < -0.39 is 0 Å². The minimum absolute atomic E-state index is 0.148. The molecule has 0 radical (unpaired) electrons. The molecule has 116 valence electrons. The van der Waals surface area contributed by atoms with Crippen molar-refractivity contribution in [2.75, 3.05) is 32.8 Å². The van der Waals surface area contributed by atoms with E-state index in [2.05, 4.69) is 12.2 Å². The van der Waals surface area contributed by atoms with E-state index in [1.54, 1.807) is 12.1 Å². The zero-order valence-electron chi connectivity index (χ0n) is 12.5. The minimum Gasteiger partial charge on any atom is -0.508 e. The number of amides is 1. The molecule has 1 amide bonds. The van der Waals surface area contributed by atoms with E-state index in [1.807, 2.05) is 17.0 Å². The number of aryl methyl sites for hydroxylation is 1. The molecule has 0 aromatic heterocycles. The molecule has 2 N–H and O–H groups in total. The monoisotopic (exact) mass is 292 g/mol. The summed E-state index contributed by atoms with van der Waals surface area (Å²) in [6, 6.07) is 7.55. The molecule has 1 saturated heterocycles. The molecule has 2 rings (SSSR count). The van der Waals surface area contributed by atoms with Crippen LogP contribution < -0.4 is 5.32 Å². The van der Waals surface area contributed by atoms with Crippen LogP contribution in [0, 0.1) is 0 Å². The van der Waals surface area contributed by atoms with Crippen molar-refractivity contribution in [1.82, 2.24) is 10.2 Å². The van der Waals surface area contributed by atoms with Crippen molar-refractivity contribution < 1.29 is 14.6 Å². The fourth-order valence-corrected chi connectivity index (χ4v) is 2.33. The number of benzene rings is 1. The largest absolute Gasteiger partial charge is 0.508 e. The molecule has 1 aromatic carbocycles. The third-order valence-electron chi connectivity index (χ3n) is 3.77. The van der Waals surface area contributed by atoms with Gasteiger partial charge in [0.05, 0.1) is 19.8 Å². The lowest BCUT2D eigenvalue weighted by Gasteiger charge is -2.27. The van der Waals surface area contributed by atoms with Crippen molar-refractivity contribution in [3.8, 4) is 5.75 Å². The third-order valence-corrected chi connectivity index (χ3v) is 3.77. The third kappa shape index (κ3) is 5.36. The van der Waals surface area contributed by atoms with Crippen LogP contribution in [0.1, 0.15) is 18.9 Å². The van der Waals surface area contributed by atoms with Crippen LogP contribution >= 0.6 is 0 Å². The second-order valence-electron chi connectivity index (χ2n) is 5.48. The van der Waals surface area contributed by atoms with E-state index in [0.29, 0.717) is 38.6 Å². The highest BCUT2D eigenvalue weighted by Crippen LogP contribution is 2.11. The fraction of sp³-hybridized carbons (Fsp3) is 0.562. The smallest absolute Gasteiger partial charge is 0.236 e. The first-order valence-electron chi connectivity index (χ1n) is 7.52. The molecule has 1 heterocycles. The molecular weight excluding hydrogens is 268 g/mol. The normalized spacial score (nSPS) is 16.7. The Balaban J connectivity index is 1.65. The second-order valence-corrected chi connectivity index (χ2v) is 5.48. The summed E-state index contributed by atoms with van der Waals surface area (Å²) in [6.07, 6.45) is 1.89. The summed E-state index contributed by atoms with van der Waals surface area (Å²) in [7, 11) is 0. The summed E-state index contributed by atoms with van der Waals surface area (Å²) < 4.78 is 5.24. The van der Waals surface area contributed by atoms with Crippen LogP contribution in [0.3, 0.4) is 0 Å². The van der Waals surface area contributed by atoms with Gasteiger partial charge in [-0.3, -0.25) is 4.79 Å². The van der Waals surface area contributed by atoms with Gasteiger partial charge >= 0.3 is 0 Å². The SMILES string of the molecule is C[C@@H](CCc1ccc(O)cc1)NCC(=O)N1CCOCC1. The maximum absolute atomic E-state index is 12.0. The van der Waals surface area contributed by atoms with Gasteiger partial charge in [-0.05, 0) is 37.5 Å². The number of rotatable bonds is 6. The number of carbonyl (C=O) groups excluding carboxylic acids is 1. The summed E-state index contributed by atoms with van der Waals surface area (Å²) in [5.74, 6) is 0.441. The van der Waals surface area contributed by atoms with Gasteiger partial charge in [0.15, 0.2) is 0 Å². The van der Waals surface area contributed by atoms with Crippen molar-refractivity contribution >= 4 is 5.91 Å². The van der Waals surface area contributed by atoms with Gasteiger partial charge in [0.1, 0.15) is 5.75 Å². The van der Waals surface area contributed by atoms with E-state index in [1.165, 1.54) is 5.56 Å². The molecule has 0 aliphatic carbocycles. The first kappa shape index (κ1) is 15.8. The predicted molar refractivity (Wildman–Crippen MR) is 81.3 cm³/mol. The molecule has 5 heteroatoms. The maximum Gasteiger partial charge on any atom is 0.236 e. The van der Waals surface area contributed by atoms with Crippen molar-refractivity contribution in [1.29, 1.82) is 0 Å². The molecular formula is C16H24N2O3. The van der Waals surface area contributed by atoms with Crippen molar-refractivity contribution in [3.05, 3.63) is 29.8 Å². The van der Waals surface area contributed by atoms with Crippen LogP contribution in [0.15, 0.2) is 24.3 Å². The van der Waals surface area contributed by atoms with Crippen LogP contribution in [0.4, 0.5) is 0 Å². The van der Waals surface area contributed by atoms with Gasteiger partial charge in [-0.2, -0.15) is 0 Å². The zero-order chi connectivity index (χ0) is 15.1. The number of phenolic OH excluding ortho intramolecular Hbond substituents is 1. The standard InChI is InChI=1S/C16H24N2O3/c1-13(2-3-14-4-6-15(19)7-5-14)17-12-16(20)18-8-10-21-11-9-18/h4-7,13,17,19H,2-3,8-12H2,1H3/t13-/m0/s1. The van der Waals surface area contributed by atoms with Gasteiger partial charge in [-0.15, -0.1) is 0 Å². The molecule has 5 nitrogen and oxygen atoms in total. The summed E-state index contributed by atoms with van der Waals surface area (Å²) in [5.41, 5.74) is 1.20. The quantitative estimate of drug-likeness (QED) is 0.826. The summed E-state index contributed by atoms with van der Waals surface area (Å²) in [6.45, 7) is 5.15. The number of ether oxygens (including phenoxy) is 1. The van der Waals surface area contributed by atoms with E-state index in [4.69, 9.17) is 4.74 Å². The Morgan fingerprint density at radius 2 is 2.00 bits per heavy atom. The van der Waals surface area contributed by atoms with Crippen LogP contribution in [0.2, 0.25) is 0 Å². The molecule has 1 aliphatic rings. The molecule has 0 unspecified atom stereocenters. The Kier molecular flexibility index (Phi) is 6.02. The lowest BCUT2D eigenvalue weighted by atomic mass is 10.1.